The molecule has 4 aromatic rings. The number of rotatable bonds is 10. The Morgan fingerprint density at radius 3 is 2.35 bits per heavy atom. The van der Waals surface area contributed by atoms with Crippen LogP contribution >= 0.6 is 15.9 Å². The molecule has 0 atom stereocenters. The topological polar surface area (TPSA) is 80.6 Å². The summed E-state index contributed by atoms with van der Waals surface area (Å²) < 4.78 is 18.4. The second-order valence-corrected chi connectivity index (χ2v) is 10.0. The van der Waals surface area contributed by atoms with Gasteiger partial charge >= 0.3 is 0 Å². The molecule has 4 aromatic carbocycles. The smallest absolute Gasteiger partial charge is 0.266 e. The zero-order valence-electron chi connectivity index (χ0n) is 22.5. The van der Waals surface area contributed by atoms with Crippen molar-refractivity contribution in [3.8, 4) is 23.3 Å². The first-order valence-corrected chi connectivity index (χ1v) is 13.4. The lowest BCUT2D eigenvalue weighted by Gasteiger charge is -2.14. The molecule has 0 saturated heterocycles. The van der Waals surface area contributed by atoms with Gasteiger partial charge in [-0.15, -0.1) is 0 Å². The van der Waals surface area contributed by atoms with Crippen molar-refractivity contribution in [2.45, 2.75) is 27.1 Å². The number of hydrogen-bond donors (Lipinski definition) is 1. The molecule has 0 unspecified atom stereocenters. The van der Waals surface area contributed by atoms with Crippen molar-refractivity contribution >= 4 is 33.6 Å². The van der Waals surface area contributed by atoms with Crippen LogP contribution in [0.25, 0.3) is 6.08 Å². The van der Waals surface area contributed by atoms with Crippen molar-refractivity contribution < 1.29 is 19.0 Å². The fourth-order valence-corrected chi connectivity index (χ4v) is 4.34. The number of benzene rings is 4. The normalized spacial score (nSPS) is 10.9. The predicted octanol–water partition coefficient (Wildman–Crippen LogP) is 7.78. The van der Waals surface area contributed by atoms with E-state index in [2.05, 4.69) is 21.2 Å². The Hall–Kier alpha value is -4.54. The molecule has 0 aliphatic rings. The first-order valence-electron chi connectivity index (χ1n) is 12.6. The Morgan fingerprint density at radius 1 is 0.875 bits per heavy atom. The monoisotopic (exact) mass is 596 g/mol. The molecule has 1 N–H and O–H groups in total. The van der Waals surface area contributed by atoms with Crippen LogP contribution in [0.5, 0.6) is 17.2 Å². The zero-order chi connectivity index (χ0) is 28.5. The summed E-state index contributed by atoms with van der Waals surface area (Å²) >= 11 is 3.47. The van der Waals surface area contributed by atoms with E-state index in [0.29, 0.717) is 35.1 Å². The maximum atomic E-state index is 13.0. The summed E-state index contributed by atoms with van der Waals surface area (Å²) in [6.07, 6.45) is 1.53. The number of carbonyl (C=O) groups excluding carboxylic acids is 1. The van der Waals surface area contributed by atoms with Crippen molar-refractivity contribution in [1.82, 2.24) is 0 Å². The molecule has 40 heavy (non-hydrogen) atoms. The fourth-order valence-electron chi connectivity index (χ4n) is 3.96. The van der Waals surface area contributed by atoms with Gasteiger partial charge in [-0.2, -0.15) is 5.26 Å². The van der Waals surface area contributed by atoms with E-state index in [9.17, 15) is 10.1 Å². The highest BCUT2D eigenvalue weighted by Gasteiger charge is 2.14. The zero-order valence-corrected chi connectivity index (χ0v) is 24.1. The maximum Gasteiger partial charge on any atom is 0.266 e. The molecule has 0 aliphatic heterocycles. The summed E-state index contributed by atoms with van der Waals surface area (Å²) in [5.41, 5.74) is 5.16. The standard InChI is InChI=1S/C33H29BrN2O4/c1-22-8-7-11-29(23(22)2)36-33(37)27(19-35)17-26-18-28(34)13-15-30(26)39-21-25-12-14-31(32(16-25)38-3)40-20-24-9-5-4-6-10-24/h4-18H,20-21H2,1-3H3,(H,36,37)/b27-17-. The molecule has 4 rings (SSSR count). The van der Waals surface area contributed by atoms with Crippen LogP contribution in [-0.4, -0.2) is 13.0 Å². The van der Waals surface area contributed by atoms with Gasteiger partial charge in [0.15, 0.2) is 11.5 Å². The second kappa shape index (κ2) is 13.5. The fraction of sp³-hybridized carbons (Fsp3) is 0.152. The van der Waals surface area contributed by atoms with Crippen LogP contribution in [0, 0.1) is 25.2 Å². The molecular formula is C33H29BrN2O4. The van der Waals surface area contributed by atoms with Crippen LogP contribution in [0.3, 0.4) is 0 Å². The molecule has 0 saturated carbocycles. The first kappa shape index (κ1) is 28.5. The SMILES string of the molecule is COc1cc(COc2ccc(Br)cc2/C=C(/C#N)C(=O)Nc2cccc(C)c2C)ccc1OCc1ccccc1. The molecule has 0 bridgehead atoms. The van der Waals surface area contributed by atoms with E-state index in [-0.39, 0.29) is 12.2 Å². The number of anilines is 1. The van der Waals surface area contributed by atoms with Crippen molar-refractivity contribution in [2.24, 2.45) is 0 Å². The van der Waals surface area contributed by atoms with E-state index < -0.39 is 5.91 Å². The van der Waals surface area contributed by atoms with E-state index in [1.54, 1.807) is 19.2 Å². The quantitative estimate of drug-likeness (QED) is 0.149. The third-order valence-electron chi connectivity index (χ3n) is 6.35. The van der Waals surface area contributed by atoms with Gasteiger partial charge in [-0.05, 0) is 78.6 Å². The third-order valence-corrected chi connectivity index (χ3v) is 6.84. The summed E-state index contributed by atoms with van der Waals surface area (Å²) in [6.45, 7) is 4.57. The van der Waals surface area contributed by atoms with Gasteiger partial charge in [0.05, 0.1) is 7.11 Å². The van der Waals surface area contributed by atoms with Gasteiger partial charge in [0.1, 0.15) is 30.6 Å². The Bertz CT molecular complexity index is 1580. The molecule has 202 valence electrons. The number of nitrogens with zero attached hydrogens (tertiary/aromatic N) is 1. The van der Waals surface area contributed by atoms with Crippen molar-refractivity contribution in [1.29, 1.82) is 5.26 Å². The number of carbonyl (C=O) groups is 1. The number of hydrogen-bond acceptors (Lipinski definition) is 5. The molecule has 0 aromatic heterocycles. The van der Waals surface area contributed by atoms with Crippen molar-refractivity contribution in [3.63, 3.8) is 0 Å². The number of nitrogens with one attached hydrogen (secondary N) is 1. The maximum absolute atomic E-state index is 13.0. The number of amides is 1. The summed E-state index contributed by atoms with van der Waals surface area (Å²) in [7, 11) is 1.60. The summed E-state index contributed by atoms with van der Waals surface area (Å²) in [5, 5.41) is 12.6. The summed E-state index contributed by atoms with van der Waals surface area (Å²) in [6, 6.07) is 28.7. The van der Waals surface area contributed by atoms with Crippen LogP contribution in [0.2, 0.25) is 0 Å². The molecule has 7 heteroatoms. The van der Waals surface area contributed by atoms with E-state index in [1.807, 2.05) is 92.7 Å². The summed E-state index contributed by atoms with van der Waals surface area (Å²) in [5.74, 6) is 1.27. The van der Waals surface area contributed by atoms with Gasteiger partial charge in [0.25, 0.3) is 5.91 Å². The molecule has 0 radical (unpaired) electrons. The highest BCUT2D eigenvalue weighted by Crippen LogP contribution is 2.31. The molecule has 0 heterocycles. The van der Waals surface area contributed by atoms with Gasteiger partial charge in [0.2, 0.25) is 0 Å². The number of ether oxygens (including phenoxy) is 3. The Morgan fingerprint density at radius 2 is 1.60 bits per heavy atom. The van der Waals surface area contributed by atoms with Crippen LogP contribution in [0.15, 0.2) is 95.0 Å². The molecule has 1 amide bonds. The van der Waals surface area contributed by atoms with Crippen LogP contribution in [0.1, 0.15) is 27.8 Å². The van der Waals surface area contributed by atoms with E-state index in [0.717, 1.165) is 26.7 Å². The van der Waals surface area contributed by atoms with Gasteiger partial charge in [-0.3, -0.25) is 4.79 Å². The van der Waals surface area contributed by atoms with Gasteiger partial charge in [-0.25, -0.2) is 0 Å². The largest absolute Gasteiger partial charge is 0.493 e. The molecular weight excluding hydrogens is 568 g/mol. The van der Waals surface area contributed by atoms with E-state index in [4.69, 9.17) is 14.2 Å². The highest BCUT2D eigenvalue weighted by molar-refractivity contribution is 9.10. The molecule has 0 fully saturated rings. The minimum atomic E-state index is -0.488. The Kier molecular flexibility index (Phi) is 9.61. The number of aryl methyl sites for hydroxylation is 1. The first-order chi connectivity index (χ1) is 19.4. The lowest BCUT2D eigenvalue weighted by atomic mass is 10.1. The van der Waals surface area contributed by atoms with E-state index >= 15 is 0 Å². The van der Waals surface area contributed by atoms with E-state index in [1.165, 1.54) is 6.08 Å². The predicted molar refractivity (Wildman–Crippen MR) is 160 cm³/mol. The molecule has 0 aliphatic carbocycles. The van der Waals surface area contributed by atoms with Crippen LogP contribution in [0.4, 0.5) is 5.69 Å². The van der Waals surface area contributed by atoms with Crippen LogP contribution < -0.4 is 19.5 Å². The minimum Gasteiger partial charge on any atom is -0.493 e. The van der Waals surface area contributed by atoms with Gasteiger partial charge in [0, 0.05) is 15.7 Å². The number of methoxy groups -OCH3 is 1. The molecule has 0 spiro atoms. The lowest BCUT2D eigenvalue weighted by molar-refractivity contribution is -0.112. The average Bonchev–Trinajstić information content (AvgIpc) is 2.97. The second-order valence-electron chi connectivity index (χ2n) is 9.10. The minimum absolute atomic E-state index is 0.0366. The van der Waals surface area contributed by atoms with Gasteiger partial charge < -0.3 is 19.5 Å². The third kappa shape index (κ3) is 7.31. The Balaban J connectivity index is 1.49. The number of nitriles is 1. The lowest BCUT2D eigenvalue weighted by Crippen LogP contribution is -2.14. The van der Waals surface area contributed by atoms with Gasteiger partial charge in [-0.1, -0.05) is 64.5 Å². The molecule has 6 nitrogen and oxygen atoms in total. The number of halogens is 1. The Labute approximate surface area is 243 Å². The van der Waals surface area contributed by atoms with Crippen molar-refractivity contribution in [2.75, 3.05) is 12.4 Å². The average molecular weight is 598 g/mol. The van der Waals surface area contributed by atoms with Crippen molar-refractivity contribution in [3.05, 3.63) is 123 Å². The highest BCUT2D eigenvalue weighted by atomic mass is 79.9. The summed E-state index contributed by atoms with van der Waals surface area (Å²) in [4.78, 5) is 13.0. The van der Waals surface area contributed by atoms with Crippen LogP contribution in [-0.2, 0) is 18.0 Å².